The molecule has 1 aromatic carbocycles. The Kier molecular flexibility index (Phi) is 5.04. The molecule has 0 aliphatic heterocycles. The zero-order valence-electron chi connectivity index (χ0n) is 12.6. The first-order valence-electron chi connectivity index (χ1n) is 7.05. The average Bonchev–Trinajstić information content (AvgIpc) is 2.55. The van der Waals surface area contributed by atoms with Gasteiger partial charge in [-0.3, -0.25) is 0 Å². The van der Waals surface area contributed by atoms with Gasteiger partial charge < -0.3 is 19.9 Å². The lowest BCUT2D eigenvalue weighted by atomic mass is 9.89. The van der Waals surface area contributed by atoms with Gasteiger partial charge in [-0.25, -0.2) is 9.59 Å². The molecule has 118 valence electrons. The van der Waals surface area contributed by atoms with Crippen molar-refractivity contribution in [3.8, 4) is 5.75 Å². The van der Waals surface area contributed by atoms with E-state index in [9.17, 15) is 14.7 Å². The number of ether oxygens (including phenoxy) is 2. The number of carbonyl (C=O) groups excluding carboxylic acids is 2. The van der Waals surface area contributed by atoms with E-state index in [0.717, 1.165) is 42.9 Å². The summed E-state index contributed by atoms with van der Waals surface area (Å²) in [5, 5.41) is 12.9. The Hall–Kier alpha value is -2.50. The van der Waals surface area contributed by atoms with Crippen LogP contribution in [0.25, 0.3) is 0 Å². The van der Waals surface area contributed by atoms with E-state index in [4.69, 9.17) is 0 Å². The molecule has 2 N–H and O–H groups in total. The molecule has 22 heavy (non-hydrogen) atoms. The number of nitrogens with one attached hydrogen (secondary N) is 1. The van der Waals surface area contributed by atoms with Crippen molar-refractivity contribution < 1.29 is 24.2 Å². The largest absolute Gasteiger partial charge is 0.508 e. The second kappa shape index (κ2) is 6.98. The van der Waals surface area contributed by atoms with Gasteiger partial charge in [0.25, 0.3) is 0 Å². The highest BCUT2D eigenvalue weighted by molar-refractivity contribution is 5.98. The Morgan fingerprint density at radius 1 is 1.14 bits per heavy atom. The number of anilines is 1. The molecule has 1 aromatic rings. The predicted molar refractivity (Wildman–Crippen MR) is 80.5 cm³/mol. The van der Waals surface area contributed by atoms with E-state index in [1.165, 1.54) is 14.2 Å². The number of hydrogen-bond donors (Lipinski definition) is 2. The quantitative estimate of drug-likeness (QED) is 0.502. The van der Waals surface area contributed by atoms with Crippen LogP contribution in [0.1, 0.15) is 24.0 Å². The summed E-state index contributed by atoms with van der Waals surface area (Å²) in [5.41, 5.74) is 2.53. The molecular formula is C16H19NO5. The number of benzene rings is 1. The number of fused-ring (bicyclic) bond motifs is 1. The van der Waals surface area contributed by atoms with Gasteiger partial charge in [0.1, 0.15) is 11.4 Å². The number of esters is 2. The summed E-state index contributed by atoms with van der Waals surface area (Å²) in [6.07, 6.45) is 4.68. The van der Waals surface area contributed by atoms with Crippen LogP contribution in [-0.2, 0) is 31.9 Å². The maximum Gasteiger partial charge on any atom is 0.354 e. The van der Waals surface area contributed by atoms with E-state index >= 15 is 0 Å². The first-order chi connectivity index (χ1) is 10.6. The smallest absolute Gasteiger partial charge is 0.354 e. The minimum atomic E-state index is -0.664. The highest BCUT2D eigenvalue weighted by atomic mass is 16.5. The van der Waals surface area contributed by atoms with Crippen LogP contribution in [0.4, 0.5) is 5.69 Å². The first-order valence-corrected chi connectivity index (χ1v) is 7.05. The van der Waals surface area contributed by atoms with Crippen LogP contribution in [0.2, 0.25) is 0 Å². The Balaban J connectivity index is 2.37. The molecule has 0 amide bonds. The lowest BCUT2D eigenvalue weighted by molar-refractivity contribution is -0.138. The van der Waals surface area contributed by atoms with Crippen molar-refractivity contribution in [2.24, 2.45) is 0 Å². The highest BCUT2D eigenvalue weighted by Gasteiger charge is 2.20. The van der Waals surface area contributed by atoms with Crippen LogP contribution in [0.5, 0.6) is 5.75 Å². The van der Waals surface area contributed by atoms with Crippen LogP contribution in [0.15, 0.2) is 23.9 Å². The van der Waals surface area contributed by atoms with Gasteiger partial charge in [0.15, 0.2) is 0 Å². The van der Waals surface area contributed by atoms with Crippen LogP contribution >= 0.6 is 0 Å². The van der Waals surface area contributed by atoms with Gasteiger partial charge in [0, 0.05) is 5.69 Å². The van der Waals surface area contributed by atoms with Crippen molar-refractivity contribution in [3.63, 3.8) is 0 Å². The van der Waals surface area contributed by atoms with E-state index in [2.05, 4.69) is 14.8 Å². The summed E-state index contributed by atoms with van der Waals surface area (Å²) >= 11 is 0. The van der Waals surface area contributed by atoms with E-state index in [1.807, 2.05) is 0 Å². The number of aromatic hydroxyl groups is 1. The number of phenols is 1. The second-order valence-corrected chi connectivity index (χ2v) is 4.99. The maximum atomic E-state index is 11.8. The third-order valence-electron chi connectivity index (χ3n) is 3.65. The maximum absolute atomic E-state index is 11.8. The zero-order chi connectivity index (χ0) is 16.1. The molecule has 0 spiro atoms. The van der Waals surface area contributed by atoms with Crippen molar-refractivity contribution >= 4 is 17.6 Å². The second-order valence-electron chi connectivity index (χ2n) is 4.99. The molecule has 0 atom stereocenters. The summed E-state index contributed by atoms with van der Waals surface area (Å²) < 4.78 is 9.21. The molecule has 0 bridgehead atoms. The van der Waals surface area contributed by atoms with Crippen molar-refractivity contribution in [3.05, 3.63) is 35.0 Å². The molecule has 1 aliphatic carbocycles. The van der Waals surface area contributed by atoms with Crippen LogP contribution in [0, 0.1) is 0 Å². The molecule has 0 radical (unpaired) electrons. The average molecular weight is 305 g/mol. The molecule has 0 unspecified atom stereocenters. The summed E-state index contributed by atoms with van der Waals surface area (Å²) in [6, 6.07) is 3.27. The van der Waals surface area contributed by atoms with E-state index in [1.54, 1.807) is 12.1 Å². The topological polar surface area (TPSA) is 84.9 Å². The molecule has 0 saturated heterocycles. The predicted octanol–water partition coefficient (Wildman–Crippen LogP) is 1.91. The Morgan fingerprint density at radius 3 is 2.45 bits per heavy atom. The lowest BCUT2D eigenvalue weighted by Crippen LogP contribution is -2.17. The number of hydrogen-bond acceptors (Lipinski definition) is 6. The minimum absolute atomic E-state index is 0.00665. The molecule has 2 rings (SSSR count). The Morgan fingerprint density at radius 2 is 1.82 bits per heavy atom. The van der Waals surface area contributed by atoms with Gasteiger partial charge in [0.05, 0.1) is 20.3 Å². The first kappa shape index (κ1) is 15.9. The van der Waals surface area contributed by atoms with Crippen molar-refractivity contribution in [2.75, 3.05) is 19.5 Å². The molecule has 0 saturated carbocycles. The third kappa shape index (κ3) is 3.39. The van der Waals surface area contributed by atoms with E-state index in [0.29, 0.717) is 5.69 Å². The Bertz CT molecular complexity index is 621. The van der Waals surface area contributed by atoms with Gasteiger partial charge in [-0.2, -0.15) is 0 Å². The summed E-state index contributed by atoms with van der Waals surface area (Å²) in [6.45, 7) is 0. The molecule has 6 nitrogen and oxygen atoms in total. The van der Waals surface area contributed by atoms with E-state index in [-0.39, 0.29) is 11.4 Å². The van der Waals surface area contributed by atoms with Crippen LogP contribution in [-0.4, -0.2) is 31.3 Å². The van der Waals surface area contributed by atoms with Crippen LogP contribution in [0.3, 0.4) is 0 Å². The van der Waals surface area contributed by atoms with Gasteiger partial charge in [0.2, 0.25) is 0 Å². The van der Waals surface area contributed by atoms with Crippen molar-refractivity contribution in [1.29, 1.82) is 0 Å². The number of carbonyl (C=O) groups is 2. The van der Waals surface area contributed by atoms with Crippen LogP contribution < -0.4 is 5.32 Å². The number of rotatable bonds is 4. The fraction of sp³-hybridized carbons (Fsp3) is 0.375. The molecule has 0 aromatic heterocycles. The molecule has 0 heterocycles. The fourth-order valence-electron chi connectivity index (χ4n) is 2.54. The molecular weight excluding hydrogens is 286 g/mol. The van der Waals surface area contributed by atoms with Crippen molar-refractivity contribution in [1.82, 2.24) is 0 Å². The normalized spacial score (nSPS) is 14.0. The summed E-state index contributed by atoms with van der Waals surface area (Å²) in [7, 11) is 2.47. The van der Waals surface area contributed by atoms with Gasteiger partial charge in [-0.15, -0.1) is 0 Å². The molecule has 0 fully saturated rings. The molecule has 6 heteroatoms. The van der Waals surface area contributed by atoms with E-state index < -0.39 is 11.9 Å². The highest BCUT2D eigenvalue weighted by Crippen LogP contribution is 2.34. The number of phenolic OH excluding ortho intramolecular Hbond substituents is 1. The number of methoxy groups -OCH3 is 2. The lowest BCUT2D eigenvalue weighted by Gasteiger charge is -2.21. The van der Waals surface area contributed by atoms with Gasteiger partial charge in [-0.05, 0) is 48.9 Å². The fourth-order valence-corrected chi connectivity index (χ4v) is 2.54. The third-order valence-corrected chi connectivity index (χ3v) is 3.65. The monoisotopic (exact) mass is 305 g/mol. The minimum Gasteiger partial charge on any atom is -0.508 e. The SMILES string of the molecule is COC(=O)/C=C(/Nc1ccc(O)c2c1CCCC2)C(=O)OC. The standard InChI is InChI=1S/C16H19NO5/c1-21-15(19)9-13(16(20)22-2)17-12-7-8-14(18)11-6-4-3-5-10(11)12/h7-9,17-18H,3-6H2,1-2H3/b13-9+. The Labute approximate surface area is 128 Å². The van der Waals surface area contributed by atoms with Gasteiger partial charge >= 0.3 is 11.9 Å². The van der Waals surface area contributed by atoms with Crippen molar-refractivity contribution in [2.45, 2.75) is 25.7 Å². The molecule has 1 aliphatic rings. The summed E-state index contributed by atoms with van der Waals surface area (Å²) in [4.78, 5) is 23.2. The zero-order valence-corrected chi connectivity index (χ0v) is 12.6. The van der Waals surface area contributed by atoms with Gasteiger partial charge in [-0.1, -0.05) is 0 Å². The summed E-state index contributed by atoms with van der Waals surface area (Å²) in [5.74, 6) is -1.06.